The smallest absolute Gasteiger partial charge is 0.0406 e. The monoisotopic (exact) mass is 396 g/mol. The van der Waals surface area contributed by atoms with Crippen LogP contribution in [-0.4, -0.2) is 0 Å². The minimum absolute atomic E-state index is 0.736. The summed E-state index contributed by atoms with van der Waals surface area (Å²) >= 11 is 5.91. The van der Waals surface area contributed by atoms with E-state index in [1.165, 1.54) is 77.0 Å². The molecule has 1 aromatic rings. The van der Waals surface area contributed by atoms with Gasteiger partial charge >= 0.3 is 0 Å². The highest BCUT2D eigenvalue weighted by Gasteiger charge is 2.23. The van der Waals surface area contributed by atoms with Gasteiger partial charge in [0.05, 0.1) is 0 Å². The summed E-state index contributed by atoms with van der Waals surface area (Å²) in [6.45, 7) is 2.34. The fourth-order valence-electron chi connectivity index (χ4n) is 5.20. The van der Waals surface area contributed by atoms with Crippen molar-refractivity contribution >= 4 is 11.6 Å². The largest absolute Gasteiger partial charge is 0.0843 e. The van der Waals surface area contributed by atoms with Gasteiger partial charge in [-0.3, -0.25) is 0 Å². The van der Waals surface area contributed by atoms with Crippen molar-refractivity contribution in [3.05, 3.63) is 47.0 Å². The van der Waals surface area contributed by atoms with E-state index in [4.69, 9.17) is 11.6 Å². The van der Waals surface area contributed by atoms with E-state index in [-0.39, 0.29) is 0 Å². The molecule has 2 saturated carbocycles. The highest BCUT2D eigenvalue weighted by atomic mass is 35.5. The van der Waals surface area contributed by atoms with Crippen LogP contribution in [0.15, 0.2) is 36.4 Å². The lowest BCUT2D eigenvalue weighted by Gasteiger charge is -2.31. The Labute approximate surface area is 178 Å². The second kappa shape index (κ2) is 11.7. The molecule has 0 aromatic heterocycles. The first kappa shape index (κ1) is 21.5. The van der Waals surface area contributed by atoms with Crippen molar-refractivity contribution in [2.24, 2.45) is 23.7 Å². The molecule has 28 heavy (non-hydrogen) atoms. The molecule has 0 saturated heterocycles. The zero-order valence-electron chi connectivity index (χ0n) is 17.6. The van der Waals surface area contributed by atoms with Crippen molar-refractivity contribution in [2.75, 3.05) is 0 Å². The van der Waals surface area contributed by atoms with Crippen LogP contribution in [0.3, 0.4) is 0 Å². The van der Waals surface area contributed by atoms with Crippen molar-refractivity contribution in [3.8, 4) is 11.8 Å². The predicted molar refractivity (Wildman–Crippen MR) is 123 cm³/mol. The Hall–Kier alpha value is -1.19. The molecule has 0 amide bonds. The topological polar surface area (TPSA) is 0 Å². The lowest BCUT2D eigenvalue weighted by atomic mass is 9.75. The van der Waals surface area contributed by atoms with Gasteiger partial charge in [0.1, 0.15) is 0 Å². The molecule has 152 valence electrons. The van der Waals surface area contributed by atoms with E-state index >= 15 is 0 Å². The van der Waals surface area contributed by atoms with Crippen LogP contribution in [-0.2, 0) is 0 Å². The van der Waals surface area contributed by atoms with Gasteiger partial charge in [-0.15, -0.1) is 0 Å². The van der Waals surface area contributed by atoms with Crippen molar-refractivity contribution in [3.63, 3.8) is 0 Å². The van der Waals surface area contributed by atoms with Gasteiger partial charge < -0.3 is 0 Å². The molecule has 1 heteroatoms. The Morgan fingerprint density at radius 1 is 0.821 bits per heavy atom. The third-order valence-corrected chi connectivity index (χ3v) is 7.30. The van der Waals surface area contributed by atoms with Gasteiger partial charge in [0.15, 0.2) is 0 Å². The molecule has 1 aromatic carbocycles. The summed E-state index contributed by atoms with van der Waals surface area (Å²) in [5.74, 6) is 10.2. The number of hydrogen-bond donors (Lipinski definition) is 0. The van der Waals surface area contributed by atoms with Gasteiger partial charge in [0.25, 0.3) is 0 Å². The van der Waals surface area contributed by atoms with E-state index in [9.17, 15) is 0 Å². The van der Waals surface area contributed by atoms with Crippen LogP contribution in [0.2, 0.25) is 5.02 Å². The molecule has 0 N–H and O–H groups in total. The van der Waals surface area contributed by atoms with Gasteiger partial charge in [-0.25, -0.2) is 0 Å². The summed E-state index contributed by atoms with van der Waals surface area (Å²) in [4.78, 5) is 0. The minimum Gasteiger partial charge on any atom is -0.0843 e. The van der Waals surface area contributed by atoms with Crippen LogP contribution in [0.25, 0.3) is 0 Å². The Morgan fingerprint density at radius 3 is 1.93 bits per heavy atom. The molecule has 0 heterocycles. The highest BCUT2D eigenvalue weighted by Crippen LogP contribution is 2.37. The van der Waals surface area contributed by atoms with Gasteiger partial charge in [-0.1, -0.05) is 87.8 Å². The average Bonchev–Trinajstić information content (AvgIpc) is 2.73. The molecule has 0 unspecified atom stereocenters. The Morgan fingerprint density at radius 2 is 1.36 bits per heavy atom. The molecule has 0 aliphatic heterocycles. The second-order valence-electron chi connectivity index (χ2n) is 9.17. The summed E-state index contributed by atoms with van der Waals surface area (Å²) in [5, 5.41) is 0.766. The predicted octanol–water partition coefficient (Wildman–Crippen LogP) is 8.44. The molecule has 0 atom stereocenters. The number of halogens is 1. The molecule has 0 radical (unpaired) electrons. The standard InChI is InChI=1S/C27H37Cl/c1-2-5-22-8-12-25(13-9-22)16-17-26-14-10-23(11-15-26)6-3-4-7-24-18-20-27(28)21-19-24/h3,6,18-23,25-26H,2,5,8-17H2,1H3/b6-3+/t22-,23?,25-,26?. The van der Waals surface area contributed by atoms with Gasteiger partial charge in [-0.05, 0) is 79.7 Å². The number of benzene rings is 1. The summed E-state index contributed by atoms with van der Waals surface area (Å²) in [6, 6.07) is 7.75. The Bertz CT molecular complexity index is 644. The van der Waals surface area contributed by atoms with Gasteiger partial charge in [-0.2, -0.15) is 0 Å². The first-order valence-corrected chi connectivity index (χ1v) is 12.0. The normalized spacial score (nSPS) is 28.1. The van der Waals surface area contributed by atoms with E-state index in [1.54, 1.807) is 0 Å². The van der Waals surface area contributed by atoms with Crippen molar-refractivity contribution in [2.45, 2.75) is 84.0 Å². The number of rotatable bonds is 6. The molecule has 0 nitrogen and oxygen atoms in total. The van der Waals surface area contributed by atoms with Crippen LogP contribution < -0.4 is 0 Å². The molecule has 3 rings (SSSR count). The zero-order valence-corrected chi connectivity index (χ0v) is 18.4. The van der Waals surface area contributed by atoms with Crippen LogP contribution in [0.4, 0.5) is 0 Å². The van der Waals surface area contributed by atoms with Crippen molar-refractivity contribution < 1.29 is 0 Å². The molecule has 2 aliphatic carbocycles. The summed E-state index contributed by atoms with van der Waals surface area (Å²) in [5.41, 5.74) is 1.03. The molecular formula is C27H37Cl. The van der Waals surface area contributed by atoms with Gasteiger partial charge in [0.2, 0.25) is 0 Å². The fourth-order valence-corrected chi connectivity index (χ4v) is 5.33. The molecule has 0 spiro atoms. The van der Waals surface area contributed by atoms with Gasteiger partial charge in [0, 0.05) is 10.6 Å². The maximum Gasteiger partial charge on any atom is 0.0406 e. The summed E-state index contributed by atoms with van der Waals surface area (Å²) < 4.78 is 0. The average molecular weight is 397 g/mol. The third-order valence-electron chi connectivity index (χ3n) is 7.05. The number of hydrogen-bond acceptors (Lipinski definition) is 0. The summed E-state index contributed by atoms with van der Waals surface area (Å²) in [7, 11) is 0. The van der Waals surface area contributed by atoms with Crippen LogP contribution >= 0.6 is 11.6 Å². The SMILES string of the molecule is CCC[C@H]1CC[C@H](CCC2CCC(/C=C/C#Cc3ccc(Cl)cc3)CC2)CC1. The molecule has 2 fully saturated rings. The van der Waals surface area contributed by atoms with E-state index < -0.39 is 0 Å². The summed E-state index contributed by atoms with van der Waals surface area (Å²) in [6.07, 6.45) is 21.8. The Kier molecular flexibility index (Phi) is 9.01. The van der Waals surface area contributed by atoms with E-state index in [0.29, 0.717) is 0 Å². The van der Waals surface area contributed by atoms with Crippen LogP contribution in [0, 0.1) is 35.5 Å². The quantitative estimate of drug-likeness (QED) is 0.423. The van der Waals surface area contributed by atoms with Crippen LogP contribution in [0.1, 0.15) is 89.5 Å². The molecule has 0 bridgehead atoms. The maximum absolute atomic E-state index is 5.91. The van der Waals surface area contributed by atoms with E-state index in [0.717, 1.165) is 34.3 Å². The molecule has 2 aliphatic rings. The zero-order chi connectivity index (χ0) is 19.6. The van der Waals surface area contributed by atoms with E-state index in [2.05, 4.69) is 30.9 Å². The third kappa shape index (κ3) is 7.33. The highest BCUT2D eigenvalue weighted by molar-refractivity contribution is 6.30. The lowest BCUT2D eigenvalue weighted by Crippen LogP contribution is -2.17. The minimum atomic E-state index is 0.736. The van der Waals surface area contributed by atoms with E-state index in [1.807, 2.05) is 24.3 Å². The lowest BCUT2D eigenvalue weighted by molar-refractivity contribution is 0.221. The van der Waals surface area contributed by atoms with Crippen LogP contribution in [0.5, 0.6) is 0 Å². The first-order valence-electron chi connectivity index (χ1n) is 11.7. The fraction of sp³-hybridized carbons (Fsp3) is 0.630. The Balaban J connectivity index is 1.31. The first-order chi connectivity index (χ1) is 13.7. The van der Waals surface area contributed by atoms with Crippen molar-refractivity contribution in [1.29, 1.82) is 0 Å². The second-order valence-corrected chi connectivity index (χ2v) is 9.61. The number of allylic oxidation sites excluding steroid dienone is 2. The van der Waals surface area contributed by atoms with Crippen molar-refractivity contribution in [1.82, 2.24) is 0 Å². The molecular weight excluding hydrogens is 360 g/mol. The maximum atomic E-state index is 5.91.